The lowest BCUT2D eigenvalue weighted by molar-refractivity contribution is -0.123. The van der Waals surface area contributed by atoms with Gasteiger partial charge in [0.2, 0.25) is 5.91 Å². The van der Waals surface area contributed by atoms with Crippen LogP contribution < -0.4 is 5.32 Å². The molecule has 1 aliphatic rings. The highest BCUT2D eigenvalue weighted by Gasteiger charge is 2.44. The first-order valence-corrected chi connectivity index (χ1v) is 6.99. The van der Waals surface area contributed by atoms with E-state index in [2.05, 4.69) is 5.32 Å². The fourth-order valence-corrected chi connectivity index (χ4v) is 2.57. The molecule has 0 aliphatic heterocycles. The molecule has 22 heavy (non-hydrogen) atoms. The van der Waals surface area contributed by atoms with E-state index in [1.165, 1.54) is 12.3 Å². The van der Waals surface area contributed by atoms with Crippen LogP contribution in [0.5, 0.6) is 0 Å². The average Bonchev–Trinajstić information content (AvgIpc) is 3.13. The summed E-state index contributed by atoms with van der Waals surface area (Å²) in [6.45, 7) is -0.276. The molecule has 3 unspecified atom stereocenters. The van der Waals surface area contributed by atoms with Gasteiger partial charge in [-0.2, -0.15) is 0 Å². The molecular formula is C16H15F2NO3. The van der Waals surface area contributed by atoms with Gasteiger partial charge >= 0.3 is 0 Å². The Kier molecular flexibility index (Phi) is 3.94. The summed E-state index contributed by atoms with van der Waals surface area (Å²) >= 11 is 0. The second-order valence-corrected chi connectivity index (χ2v) is 5.38. The molecule has 2 aromatic rings. The highest BCUT2D eigenvalue weighted by Crippen LogP contribution is 2.48. The minimum atomic E-state index is -0.910. The van der Waals surface area contributed by atoms with Crippen molar-refractivity contribution in [2.45, 2.75) is 18.4 Å². The molecule has 1 fully saturated rings. The van der Waals surface area contributed by atoms with E-state index < -0.39 is 17.7 Å². The van der Waals surface area contributed by atoms with Gasteiger partial charge in [0.15, 0.2) is 11.6 Å². The summed E-state index contributed by atoms with van der Waals surface area (Å²) < 4.78 is 31.3. The van der Waals surface area contributed by atoms with E-state index in [9.17, 15) is 18.7 Å². The molecule has 0 bridgehead atoms. The van der Waals surface area contributed by atoms with Crippen LogP contribution in [0.3, 0.4) is 0 Å². The SMILES string of the molecule is O=C(NC(CO)c1ccco1)C1CC1c1ccc(F)c(F)c1. The molecule has 3 rings (SSSR count). The van der Waals surface area contributed by atoms with Crippen molar-refractivity contribution in [3.8, 4) is 0 Å². The molecule has 3 atom stereocenters. The van der Waals surface area contributed by atoms with Crippen LogP contribution in [0.15, 0.2) is 41.0 Å². The monoisotopic (exact) mass is 307 g/mol. The summed E-state index contributed by atoms with van der Waals surface area (Å²) in [6, 6.07) is 6.42. The van der Waals surface area contributed by atoms with Crippen molar-refractivity contribution in [3.05, 3.63) is 59.6 Å². The number of aliphatic hydroxyl groups is 1. The van der Waals surface area contributed by atoms with Gasteiger partial charge in [0, 0.05) is 5.92 Å². The molecule has 2 N–H and O–H groups in total. The third-order valence-electron chi connectivity index (χ3n) is 3.88. The van der Waals surface area contributed by atoms with Crippen molar-refractivity contribution in [2.75, 3.05) is 6.61 Å². The molecule has 1 aromatic heterocycles. The standard InChI is InChI=1S/C16H15F2NO3/c17-12-4-3-9(6-13(12)18)10-7-11(10)16(21)19-14(8-20)15-2-1-5-22-15/h1-6,10-11,14,20H,7-8H2,(H,19,21). The normalized spacial score (nSPS) is 21.4. The van der Waals surface area contributed by atoms with Crippen molar-refractivity contribution in [2.24, 2.45) is 5.92 Å². The number of carbonyl (C=O) groups excluding carboxylic acids is 1. The fraction of sp³-hybridized carbons (Fsp3) is 0.312. The second kappa shape index (κ2) is 5.88. The van der Waals surface area contributed by atoms with E-state index in [1.807, 2.05) is 0 Å². The van der Waals surface area contributed by atoms with E-state index in [0.717, 1.165) is 12.1 Å². The average molecular weight is 307 g/mol. The Morgan fingerprint density at radius 1 is 1.36 bits per heavy atom. The lowest BCUT2D eigenvalue weighted by atomic mass is 10.1. The Hall–Kier alpha value is -2.21. The fourth-order valence-electron chi connectivity index (χ4n) is 2.57. The molecule has 1 heterocycles. The number of nitrogens with one attached hydrogen (secondary N) is 1. The van der Waals surface area contributed by atoms with Crippen molar-refractivity contribution in [1.82, 2.24) is 5.32 Å². The minimum absolute atomic E-state index is 0.119. The molecule has 1 aliphatic carbocycles. The van der Waals surface area contributed by atoms with Gasteiger partial charge in [0.05, 0.1) is 12.9 Å². The quantitative estimate of drug-likeness (QED) is 0.892. The lowest BCUT2D eigenvalue weighted by Gasteiger charge is -2.13. The third kappa shape index (κ3) is 2.87. The van der Waals surface area contributed by atoms with Gasteiger partial charge in [-0.15, -0.1) is 0 Å². The first kappa shape index (κ1) is 14.7. The number of furan rings is 1. The summed E-state index contributed by atoms with van der Waals surface area (Å²) in [6.07, 6.45) is 2.04. The largest absolute Gasteiger partial charge is 0.467 e. The Balaban J connectivity index is 1.64. The Bertz CT molecular complexity index is 672. The van der Waals surface area contributed by atoms with Crippen LogP contribution >= 0.6 is 0 Å². The molecule has 1 saturated carbocycles. The molecule has 6 heteroatoms. The Labute approximate surface area is 125 Å². The molecule has 0 saturated heterocycles. The predicted octanol–water partition coefficient (Wildman–Crippen LogP) is 2.51. The van der Waals surface area contributed by atoms with E-state index in [0.29, 0.717) is 17.7 Å². The van der Waals surface area contributed by atoms with Gasteiger partial charge in [-0.05, 0) is 42.2 Å². The van der Waals surface area contributed by atoms with E-state index in [-0.39, 0.29) is 24.3 Å². The van der Waals surface area contributed by atoms with Crippen LogP contribution in [0.4, 0.5) is 8.78 Å². The third-order valence-corrected chi connectivity index (χ3v) is 3.88. The van der Waals surface area contributed by atoms with E-state index in [4.69, 9.17) is 4.42 Å². The van der Waals surface area contributed by atoms with E-state index in [1.54, 1.807) is 12.1 Å². The first-order chi connectivity index (χ1) is 10.6. The number of hydrogen-bond donors (Lipinski definition) is 2. The molecule has 0 spiro atoms. The van der Waals surface area contributed by atoms with Crippen molar-refractivity contribution < 1.29 is 23.1 Å². The molecule has 0 radical (unpaired) electrons. The molecule has 1 amide bonds. The Morgan fingerprint density at radius 2 is 2.18 bits per heavy atom. The van der Waals surface area contributed by atoms with Crippen LogP contribution in [0.25, 0.3) is 0 Å². The van der Waals surface area contributed by atoms with Gasteiger partial charge < -0.3 is 14.8 Å². The molecule has 1 aromatic carbocycles. The molecule has 4 nitrogen and oxygen atoms in total. The van der Waals surface area contributed by atoms with Crippen LogP contribution in [-0.2, 0) is 4.79 Å². The number of aliphatic hydroxyl groups excluding tert-OH is 1. The van der Waals surface area contributed by atoms with Crippen molar-refractivity contribution >= 4 is 5.91 Å². The maximum absolute atomic E-state index is 13.2. The van der Waals surface area contributed by atoms with Gasteiger partial charge in [0.25, 0.3) is 0 Å². The van der Waals surface area contributed by atoms with Crippen LogP contribution in [0.2, 0.25) is 0 Å². The van der Waals surface area contributed by atoms with Gasteiger partial charge in [-0.1, -0.05) is 6.07 Å². The molecule has 116 valence electrons. The summed E-state index contributed by atoms with van der Waals surface area (Å²) in [5.74, 6) is -1.98. The zero-order valence-corrected chi connectivity index (χ0v) is 11.6. The van der Waals surface area contributed by atoms with E-state index >= 15 is 0 Å². The highest BCUT2D eigenvalue weighted by molar-refractivity contribution is 5.83. The van der Waals surface area contributed by atoms with Crippen LogP contribution in [-0.4, -0.2) is 17.6 Å². The maximum atomic E-state index is 13.2. The van der Waals surface area contributed by atoms with Crippen molar-refractivity contribution in [3.63, 3.8) is 0 Å². The van der Waals surface area contributed by atoms with Crippen LogP contribution in [0.1, 0.15) is 29.7 Å². The summed E-state index contributed by atoms with van der Waals surface area (Å²) in [4.78, 5) is 12.2. The smallest absolute Gasteiger partial charge is 0.224 e. The summed E-state index contributed by atoms with van der Waals surface area (Å²) in [7, 11) is 0. The second-order valence-electron chi connectivity index (χ2n) is 5.38. The zero-order valence-electron chi connectivity index (χ0n) is 11.6. The lowest BCUT2D eigenvalue weighted by Crippen LogP contribution is -2.32. The summed E-state index contributed by atoms with van der Waals surface area (Å²) in [5.41, 5.74) is 0.609. The summed E-state index contributed by atoms with van der Waals surface area (Å²) in [5, 5.41) is 12.0. The maximum Gasteiger partial charge on any atom is 0.224 e. The zero-order chi connectivity index (χ0) is 15.7. The predicted molar refractivity (Wildman–Crippen MR) is 73.9 cm³/mol. The highest BCUT2D eigenvalue weighted by atomic mass is 19.2. The Morgan fingerprint density at radius 3 is 2.82 bits per heavy atom. The van der Waals surface area contributed by atoms with Gasteiger partial charge in [-0.3, -0.25) is 4.79 Å². The number of amides is 1. The van der Waals surface area contributed by atoms with Crippen LogP contribution in [0, 0.1) is 17.6 Å². The number of carbonyl (C=O) groups is 1. The number of rotatable bonds is 5. The number of halogens is 2. The first-order valence-electron chi connectivity index (χ1n) is 6.99. The number of benzene rings is 1. The molecular weight excluding hydrogens is 292 g/mol. The van der Waals surface area contributed by atoms with Crippen molar-refractivity contribution in [1.29, 1.82) is 0 Å². The van der Waals surface area contributed by atoms with Gasteiger partial charge in [0.1, 0.15) is 11.8 Å². The topological polar surface area (TPSA) is 62.5 Å². The minimum Gasteiger partial charge on any atom is -0.467 e. The number of hydrogen-bond acceptors (Lipinski definition) is 3. The van der Waals surface area contributed by atoms with Gasteiger partial charge in [-0.25, -0.2) is 8.78 Å².